The molecular weight excluding hydrogens is 401 g/mol. The van der Waals surface area contributed by atoms with Crippen LogP contribution in [0, 0.1) is 9.39 Å². The number of nitrogens with two attached hydrogens (primary N) is 1. The van der Waals surface area contributed by atoms with Crippen LogP contribution >= 0.6 is 45.8 Å². The first kappa shape index (κ1) is 15.0. The third kappa shape index (κ3) is 3.38. The van der Waals surface area contributed by atoms with Crippen molar-refractivity contribution >= 4 is 45.8 Å². The number of halogens is 4. The van der Waals surface area contributed by atoms with Crippen molar-refractivity contribution in [1.82, 2.24) is 5.43 Å². The average molecular weight is 411 g/mol. The van der Waals surface area contributed by atoms with E-state index in [0.717, 1.165) is 9.13 Å². The molecule has 0 radical (unpaired) electrons. The van der Waals surface area contributed by atoms with Gasteiger partial charge < -0.3 is 0 Å². The van der Waals surface area contributed by atoms with E-state index in [0.29, 0.717) is 15.6 Å². The molecule has 0 saturated heterocycles. The Labute approximate surface area is 134 Å². The Balaban J connectivity index is 2.49. The van der Waals surface area contributed by atoms with Crippen LogP contribution < -0.4 is 11.3 Å². The molecule has 2 aromatic carbocycles. The summed E-state index contributed by atoms with van der Waals surface area (Å²) in [4.78, 5) is 0. The van der Waals surface area contributed by atoms with Gasteiger partial charge in [0.05, 0.1) is 11.1 Å². The highest BCUT2D eigenvalue weighted by Gasteiger charge is 2.17. The molecule has 3 N–H and O–H groups in total. The first-order valence-electron chi connectivity index (χ1n) is 5.39. The minimum absolute atomic E-state index is 0.365. The Bertz CT molecular complexity index is 607. The molecule has 100 valence electrons. The lowest BCUT2D eigenvalue weighted by Crippen LogP contribution is -2.29. The third-order valence-corrected chi connectivity index (χ3v) is 4.63. The van der Waals surface area contributed by atoms with Crippen LogP contribution in [-0.4, -0.2) is 0 Å². The number of hydrogen-bond acceptors (Lipinski definition) is 2. The van der Waals surface area contributed by atoms with Crippen LogP contribution in [0.5, 0.6) is 0 Å². The zero-order valence-electron chi connectivity index (χ0n) is 9.63. The second kappa shape index (κ2) is 6.37. The van der Waals surface area contributed by atoms with Crippen LogP contribution in [0.25, 0.3) is 0 Å². The summed E-state index contributed by atoms with van der Waals surface area (Å²) in [6, 6.07) is 9.28. The SMILES string of the molecule is NNC(c1ccc(I)c(Cl)c1)c1cc(F)ccc1Cl. The molecule has 2 nitrogen and oxygen atoms in total. The standard InChI is InChI=1S/C13H10Cl2FIN2/c14-10-3-2-8(16)6-9(10)13(19-18)7-1-4-12(17)11(15)5-7/h1-6,13,19H,18H2. The van der Waals surface area contributed by atoms with Gasteiger partial charge in [-0.1, -0.05) is 29.3 Å². The van der Waals surface area contributed by atoms with Crippen LogP contribution in [0.3, 0.4) is 0 Å². The second-order valence-corrected chi connectivity index (χ2v) is 5.92. The minimum atomic E-state index is -0.419. The van der Waals surface area contributed by atoms with Gasteiger partial charge in [0.25, 0.3) is 0 Å². The first-order chi connectivity index (χ1) is 9.02. The van der Waals surface area contributed by atoms with Crippen LogP contribution in [0.15, 0.2) is 36.4 Å². The fraction of sp³-hybridized carbons (Fsp3) is 0.0769. The van der Waals surface area contributed by atoms with E-state index < -0.39 is 6.04 Å². The largest absolute Gasteiger partial charge is 0.271 e. The van der Waals surface area contributed by atoms with Crippen LogP contribution in [-0.2, 0) is 0 Å². The fourth-order valence-corrected chi connectivity index (χ4v) is 2.54. The van der Waals surface area contributed by atoms with Crippen molar-refractivity contribution in [2.75, 3.05) is 0 Å². The number of benzene rings is 2. The Morgan fingerprint density at radius 2 is 1.84 bits per heavy atom. The van der Waals surface area contributed by atoms with Crippen molar-refractivity contribution in [3.05, 3.63) is 67.0 Å². The molecular formula is C13H10Cl2FIN2. The summed E-state index contributed by atoms with van der Waals surface area (Å²) in [5, 5.41) is 1.06. The maximum atomic E-state index is 13.3. The van der Waals surface area contributed by atoms with Crippen molar-refractivity contribution in [3.8, 4) is 0 Å². The lowest BCUT2D eigenvalue weighted by atomic mass is 9.99. The highest BCUT2D eigenvalue weighted by Crippen LogP contribution is 2.31. The van der Waals surface area contributed by atoms with E-state index in [1.165, 1.54) is 18.2 Å². The van der Waals surface area contributed by atoms with Crippen LogP contribution in [0.2, 0.25) is 10.0 Å². The van der Waals surface area contributed by atoms with Crippen molar-refractivity contribution in [1.29, 1.82) is 0 Å². The second-order valence-electron chi connectivity index (χ2n) is 3.94. The van der Waals surface area contributed by atoms with Gasteiger partial charge in [-0.2, -0.15) is 0 Å². The predicted molar refractivity (Wildman–Crippen MR) is 84.7 cm³/mol. The van der Waals surface area contributed by atoms with E-state index in [9.17, 15) is 4.39 Å². The summed E-state index contributed by atoms with van der Waals surface area (Å²) >= 11 is 14.3. The zero-order chi connectivity index (χ0) is 14.0. The first-order valence-corrected chi connectivity index (χ1v) is 7.22. The van der Waals surface area contributed by atoms with Gasteiger partial charge in [0, 0.05) is 8.59 Å². The molecule has 6 heteroatoms. The minimum Gasteiger partial charge on any atom is -0.271 e. The summed E-state index contributed by atoms with van der Waals surface area (Å²) in [6.07, 6.45) is 0. The smallest absolute Gasteiger partial charge is 0.123 e. The van der Waals surface area contributed by atoms with Crippen molar-refractivity contribution in [2.45, 2.75) is 6.04 Å². The van der Waals surface area contributed by atoms with E-state index in [1.807, 2.05) is 12.1 Å². The summed E-state index contributed by atoms with van der Waals surface area (Å²) < 4.78 is 14.3. The fourth-order valence-electron chi connectivity index (χ4n) is 1.79. The quantitative estimate of drug-likeness (QED) is 0.450. The summed E-state index contributed by atoms with van der Waals surface area (Å²) in [6.45, 7) is 0. The molecule has 0 fully saturated rings. The van der Waals surface area contributed by atoms with Gasteiger partial charge in [-0.05, 0) is 64.0 Å². The monoisotopic (exact) mass is 410 g/mol. The van der Waals surface area contributed by atoms with Gasteiger partial charge in [0.2, 0.25) is 0 Å². The molecule has 0 saturated carbocycles. The molecule has 0 aliphatic rings. The number of hydrazine groups is 1. The van der Waals surface area contributed by atoms with E-state index in [1.54, 1.807) is 6.07 Å². The molecule has 0 bridgehead atoms. The lowest BCUT2D eigenvalue weighted by molar-refractivity contribution is 0.605. The van der Waals surface area contributed by atoms with Gasteiger partial charge in [0.1, 0.15) is 5.82 Å². The lowest BCUT2D eigenvalue weighted by Gasteiger charge is -2.19. The predicted octanol–water partition coefficient (Wildman–Crippen LogP) is 4.29. The molecule has 19 heavy (non-hydrogen) atoms. The van der Waals surface area contributed by atoms with Gasteiger partial charge in [-0.15, -0.1) is 0 Å². The highest BCUT2D eigenvalue weighted by atomic mass is 127. The van der Waals surface area contributed by atoms with Crippen molar-refractivity contribution in [2.24, 2.45) is 5.84 Å². The number of hydrogen-bond donors (Lipinski definition) is 2. The Morgan fingerprint density at radius 1 is 1.11 bits per heavy atom. The molecule has 2 rings (SSSR count). The molecule has 0 spiro atoms. The van der Waals surface area contributed by atoms with Crippen molar-refractivity contribution in [3.63, 3.8) is 0 Å². The molecule has 1 unspecified atom stereocenters. The Morgan fingerprint density at radius 3 is 2.47 bits per heavy atom. The zero-order valence-corrected chi connectivity index (χ0v) is 13.3. The molecule has 0 aliphatic carbocycles. The van der Waals surface area contributed by atoms with E-state index in [4.69, 9.17) is 29.0 Å². The van der Waals surface area contributed by atoms with Crippen LogP contribution in [0.4, 0.5) is 4.39 Å². The topological polar surface area (TPSA) is 38.0 Å². The van der Waals surface area contributed by atoms with Crippen LogP contribution in [0.1, 0.15) is 17.2 Å². The highest BCUT2D eigenvalue weighted by molar-refractivity contribution is 14.1. The van der Waals surface area contributed by atoms with Gasteiger partial charge in [0.15, 0.2) is 0 Å². The van der Waals surface area contributed by atoms with Gasteiger partial charge >= 0.3 is 0 Å². The normalized spacial score (nSPS) is 12.5. The maximum absolute atomic E-state index is 13.3. The van der Waals surface area contributed by atoms with Gasteiger partial charge in [-0.25, -0.2) is 9.82 Å². The van der Waals surface area contributed by atoms with Crippen molar-refractivity contribution < 1.29 is 4.39 Å². The molecule has 2 aromatic rings. The Kier molecular flexibility index (Phi) is 5.03. The maximum Gasteiger partial charge on any atom is 0.123 e. The number of nitrogens with one attached hydrogen (secondary N) is 1. The average Bonchev–Trinajstić information content (AvgIpc) is 2.38. The molecule has 1 atom stereocenters. The summed E-state index contributed by atoms with van der Waals surface area (Å²) in [5.74, 6) is 5.20. The summed E-state index contributed by atoms with van der Waals surface area (Å²) in [5.41, 5.74) is 4.03. The molecule has 0 aromatic heterocycles. The number of rotatable bonds is 3. The third-order valence-electron chi connectivity index (χ3n) is 2.71. The molecule has 0 heterocycles. The molecule has 0 amide bonds. The Hall–Kier alpha value is -0.400. The van der Waals surface area contributed by atoms with Gasteiger partial charge in [-0.3, -0.25) is 5.84 Å². The van der Waals surface area contributed by atoms with E-state index >= 15 is 0 Å². The summed E-state index contributed by atoms with van der Waals surface area (Å²) in [7, 11) is 0. The van der Waals surface area contributed by atoms with E-state index in [2.05, 4.69) is 28.0 Å². The van der Waals surface area contributed by atoms with E-state index in [-0.39, 0.29) is 5.82 Å². The molecule has 0 aliphatic heterocycles.